The Bertz CT molecular complexity index is 1460. The van der Waals surface area contributed by atoms with Gasteiger partial charge in [0.2, 0.25) is 5.90 Å². The van der Waals surface area contributed by atoms with E-state index in [0.717, 1.165) is 0 Å². The molecule has 192 valence electrons. The zero-order valence-electron chi connectivity index (χ0n) is 20.5. The molecule has 0 saturated heterocycles. The van der Waals surface area contributed by atoms with Crippen LogP contribution in [0.1, 0.15) is 23.6 Å². The summed E-state index contributed by atoms with van der Waals surface area (Å²) in [4.78, 5) is 39.3. The molecule has 0 fully saturated rings. The summed E-state index contributed by atoms with van der Waals surface area (Å²) in [6.45, 7) is 2.09. The van der Waals surface area contributed by atoms with Crippen LogP contribution < -0.4 is 14.2 Å². The predicted octanol–water partition coefficient (Wildman–Crippen LogP) is 4.97. The number of hydrogen-bond donors (Lipinski definition) is 0. The van der Waals surface area contributed by atoms with Crippen molar-refractivity contribution in [2.75, 3.05) is 13.7 Å². The molecule has 0 unspecified atom stereocenters. The third-order valence-corrected chi connectivity index (χ3v) is 5.25. The van der Waals surface area contributed by atoms with Crippen molar-refractivity contribution in [3.05, 3.63) is 105 Å². The molecule has 1 heterocycles. The van der Waals surface area contributed by atoms with Crippen LogP contribution in [0.5, 0.6) is 17.2 Å². The molecule has 1 aliphatic rings. The molecule has 38 heavy (non-hydrogen) atoms. The van der Waals surface area contributed by atoms with E-state index >= 15 is 0 Å². The number of cyclic esters (lactones) is 1. The fraction of sp³-hybridized carbons (Fsp3) is 0.107. The second kappa shape index (κ2) is 11.7. The summed E-state index contributed by atoms with van der Waals surface area (Å²) in [5.41, 5.74) is 1.87. The van der Waals surface area contributed by atoms with E-state index in [-0.39, 0.29) is 23.0 Å². The molecule has 0 radical (unpaired) electrons. The summed E-state index contributed by atoms with van der Waals surface area (Å²) in [5.74, 6) is 0.0671. The molecule has 0 bridgehead atoms. The first kappa shape index (κ1) is 25.8. The Balaban J connectivity index is 1.49. The Morgan fingerprint density at radius 2 is 1.74 bits per heavy atom. The smallest absolute Gasteiger partial charge is 0.363 e. The number of benzene rings is 3. The highest BCUT2D eigenvalue weighted by Gasteiger charge is 2.24. The van der Waals surface area contributed by atoms with Crippen LogP contribution in [0.4, 0.5) is 5.69 Å². The molecule has 0 N–H and O–H groups in total. The topological polar surface area (TPSA) is 127 Å². The molecule has 0 atom stereocenters. The Labute approximate surface area is 217 Å². The van der Waals surface area contributed by atoms with Crippen molar-refractivity contribution in [2.45, 2.75) is 6.92 Å². The van der Waals surface area contributed by atoms with Gasteiger partial charge in [0.15, 0.2) is 17.2 Å². The van der Waals surface area contributed by atoms with Crippen LogP contribution in [0.3, 0.4) is 0 Å². The van der Waals surface area contributed by atoms with Gasteiger partial charge in [0.25, 0.3) is 5.69 Å². The Hall–Kier alpha value is -5.25. The molecule has 0 aliphatic carbocycles. The monoisotopic (exact) mass is 514 g/mol. The van der Waals surface area contributed by atoms with Crippen LogP contribution >= 0.6 is 0 Å². The van der Waals surface area contributed by atoms with Crippen molar-refractivity contribution in [1.29, 1.82) is 0 Å². The SMILES string of the molecule is CCOc1cc(/C=C2\N=C(c3ccc(OC)cc3)OC2=O)ccc1OC(=O)/C=C/c1ccc([N+](=O)[O-])cc1. The van der Waals surface area contributed by atoms with Gasteiger partial charge in [-0.25, -0.2) is 14.6 Å². The quantitative estimate of drug-likeness (QED) is 0.129. The van der Waals surface area contributed by atoms with Gasteiger partial charge in [0.1, 0.15) is 5.75 Å². The molecule has 10 heteroatoms. The second-order valence-corrected chi connectivity index (χ2v) is 7.81. The number of aliphatic imine (C=N–C) groups is 1. The fourth-order valence-electron chi connectivity index (χ4n) is 3.40. The highest BCUT2D eigenvalue weighted by Crippen LogP contribution is 2.30. The first-order valence-corrected chi connectivity index (χ1v) is 11.4. The van der Waals surface area contributed by atoms with Crippen LogP contribution in [0.25, 0.3) is 12.2 Å². The van der Waals surface area contributed by atoms with Gasteiger partial charge in [0.05, 0.1) is 18.6 Å². The molecule has 0 saturated carbocycles. The number of nitro groups is 1. The minimum atomic E-state index is -0.663. The molecule has 10 nitrogen and oxygen atoms in total. The van der Waals surface area contributed by atoms with Crippen LogP contribution in [0, 0.1) is 10.1 Å². The Morgan fingerprint density at radius 1 is 1.03 bits per heavy atom. The van der Waals surface area contributed by atoms with E-state index in [1.165, 1.54) is 36.4 Å². The summed E-state index contributed by atoms with van der Waals surface area (Å²) in [5, 5.41) is 10.8. The average molecular weight is 514 g/mol. The summed E-state index contributed by atoms with van der Waals surface area (Å²) < 4.78 is 21.5. The molecule has 3 aromatic carbocycles. The summed E-state index contributed by atoms with van der Waals surface area (Å²) in [7, 11) is 1.56. The van der Waals surface area contributed by atoms with E-state index in [9.17, 15) is 19.7 Å². The lowest BCUT2D eigenvalue weighted by atomic mass is 10.1. The lowest BCUT2D eigenvalue weighted by molar-refractivity contribution is -0.384. The number of nitrogens with zero attached hydrogens (tertiary/aromatic N) is 2. The molecule has 3 aromatic rings. The molecule has 0 spiro atoms. The van der Waals surface area contributed by atoms with Crippen LogP contribution in [-0.4, -0.2) is 36.5 Å². The van der Waals surface area contributed by atoms with E-state index < -0.39 is 16.9 Å². The largest absolute Gasteiger partial charge is 0.497 e. The highest BCUT2D eigenvalue weighted by molar-refractivity contribution is 6.12. The van der Waals surface area contributed by atoms with Gasteiger partial charge in [-0.15, -0.1) is 0 Å². The molecular formula is C28H22N2O8. The van der Waals surface area contributed by atoms with Crippen LogP contribution in [-0.2, 0) is 14.3 Å². The maximum atomic E-state index is 12.4. The van der Waals surface area contributed by atoms with E-state index in [0.29, 0.717) is 34.8 Å². The van der Waals surface area contributed by atoms with E-state index in [4.69, 9.17) is 18.9 Å². The second-order valence-electron chi connectivity index (χ2n) is 7.81. The first-order valence-electron chi connectivity index (χ1n) is 11.4. The van der Waals surface area contributed by atoms with Gasteiger partial charge in [-0.05, 0) is 78.7 Å². The number of esters is 2. The molecular weight excluding hydrogens is 492 g/mol. The van der Waals surface area contributed by atoms with Gasteiger partial charge >= 0.3 is 11.9 Å². The third-order valence-electron chi connectivity index (χ3n) is 5.25. The standard InChI is InChI=1S/C28H22N2O8/c1-3-36-25-17-19(16-23-28(32)38-27(29-23)20-8-12-22(35-2)13-9-20)6-14-24(25)37-26(31)15-7-18-4-10-21(11-5-18)30(33)34/h4-17H,3H2,1-2H3/b15-7+,23-16-. The predicted molar refractivity (Wildman–Crippen MR) is 139 cm³/mol. The molecule has 0 amide bonds. The molecule has 0 aromatic heterocycles. The number of ether oxygens (including phenoxy) is 4. The number of carbonyl (C=O) groups excluding carboxylic acids is 2. The van der Waals surface area contributed by atoms with Gasteiger partial charge in [-0.2, -0.15) is 0 Å². The zero-order chi connectivity index (χ0) is 27.1. The number of non-ortho nitro benzene ring substituents is 1. The van der Waals surface area contributed by atoms with Gasteiger partial charge in [-0.3, -0.25) is 10.1 Å². The van der Waals surface area contributed by atoms with Gasteiger partial charge in [-0.1, -0.05) is 6.07 Å². The third kappa shape index (κ3) is 6.30. The lowest BCUT2D eigenvalue weighted by Gasteiger charge is -2.10. The van der Waals surface area contributed by atoms with Crippen molar-refractivity contribution < 1.29 is 33.5 Å². The number of carbonyl (C=O) groups is 2. The number of hydrogen-bond acceptors (Lipinski definition) is 9. The van der Waals surface area contributed by atoms with Crippen molar-refractivity contribution in [3.63, 3.8) is 0 Å². The zero-order valence-corrected chi connectivity index (χ0v) is 20.5. The first-order chi connectivity index (χ1) is 18.4. The summed E-state index contributed by atoms with van der Waals surface area (Å²) in [6, 6.07) is 17.5. The minimum absolute atomic E-state index is 0.0466. The Kier molecular flexibility index (Phi) is 7.92. The van der Waals surface area contributed by atoms with Crippen LogP contribution in [0.2, 0.25) is 0 Å². The number of methoxy groups -OCH3 is 1. The lowest BCUT2D eigenvalue weighted by Crippen LogP contribution is -2.06. The summed E-state index contributed by atoms with van der Waals surface area (Å²) >= 11 is 0. The average Bonchev–Trinajstić information content (AvgIpc) is 3.29. The van der Waals surface area contributed by atoms with Crippen molar-refractivity contribution in [2.24, 2.45) is 4.99 Å². The molecule has 4 rings (SSSR count). The molecule has 1 aliphatic heterocycles. The van der Waals surface area contributed by atoms with E-state index in [2.05, 4.69) is 4.99 Å². The van der Waals surface area contributed by atoms with Crippen molar-refractivity contribution in [3.8, 4) is 17.2 Å². The maximum absolute atomic E-state index is 12.4. The van der Waals surface area contributed by atoms with Crippen molar-refractivity contribution >= 4 is 35.7 Å². The van der Waals surface area contributed by atoms with E-state index in [1.54, 1.807) is 62.6 Å². The van der Waals surface area contributed by atoms with Crippen LogP contribution in [0.15, 0.2) is 83.5 Å². The fourth-order valence-corrected chi connectivity index (χ4v) is 3.40. The van der Waals surface area contributed by atoms with Gasteiger partial charge in [0, 0.05) is 23.8 Å². The number of nitro benzene ring substituents is 1. The minimum Gasteiger partial charge on any atom is -0.497 e. The maximum Gasteiger partial charge on any atom is 0.363 e. The van der Waals surface area contributed by atoms with Gasteiger partial charge < -0.3 is 18.9 Å². The number of rotatable bonds is 9. The highest BCUT2D eigenvalue weighted by atomic mass is 16.6. The van der Waals surface area contributed by atoms with E-state index in [1.807, 2.05) is 0 Å². The Morgan fingerprint density at radius 3 is 2.39 bits per heavy atom. The summed E-state index contributed by atoms with van der Waals surface area (Å²) in [6.07, 6.45) is 4.23. The normalized spacial score (nSPS) is 13.8. The van der Waals surface area contributed by atoms with Crippen molar-refractivity contribution in [1.82, 2.24) is 0 Å².